The van der Waals surface area contributed by atoms with E-state index in [9.17, 15) is 4.79 Å². The number of rotatable bonds is 2. The molecule has 0 aliphatic heterocycles. The number of hydrogen-bond donors (Lipinski definition) is 0. The molecule has 0 amide bonds. The smallest absolute Gasteiger partial charge is 0.240 e. The Morgan fingerprint density at radius 2 is 1.88 bits per heavy atom. The SMILES string of the molecule is Cc1ccc(-c2cncc(N=C=O)c2)cc1. The molecule has 0 unspecified atom stereocenters. The Morgan fingerprint density at radius 1 is 1.12 bits per heavy atom. The standard InChI is InChI=1S/C13H10N2O/c1-10-2-4-11(5-3-10)12-6-13(15-9-16)8-14-7-12/h2-8H,1H3. The summed E-state index contributed by atoms with van der Waals surface area (Å²) >= 11 is 0. The Hall–Kier alpha value is -2.25. The predicted molar refractivity (Wildman–Crippen MR) is 62.2 cm³/mol. The fourth-order valence-electron chi connectivity index (χ4n) is 1.45. The molecule has 2 aromatic rings. The van der Waals surface area contributed by atoms with E-state index in [1.807, 2.05) is 37.3 Å². The number of aliphatic imine (C=N–C) groups is 1. The van der Waals surface area contributed by atoms with E-state index in [0.29, 0.717) is 5.69 Å². The number of pyridine rings is 1. The zero-order valence-electron chi connectivity index (χ0n) is 8.84. The van der Waals surface area contributed by atoms with Crippen LogP contribution < -0.4 is 0 Å². The van der Waals surface area contributed by atoms with E-state index < -0.39 is 0 Å². The molecule has 1 heterocycles. The first-order valence-corrected chi connectivity index (χ1v) is 4.89. The first-order valence-electron chi connectivity index (χ1n) is 4.89. The highest BCUT2D eigenvalue weighted by atomic mass is 16.1. The maximum absolute atomic E-state index is 10.1. The van der Waals surface area contributed by atoms with Crippen molar-refractivity contribution in [2.45, 2.75) is 6.92 Å². The van der Waals surface area contributed by atoms with Crippen molar-refractivity contribution in [2.24, 2.45) is 4.99 Å². The van der Waals surface area contributed by atoms with Crippen molar-refractivity contribution < 1.29 is 4.79 Å². The maximum atomic E-state index is 10.1. The average Bonchev–Trinajstić information content (AvgIpc) is 2.31. The Morgan fingerprint density at radius 3 is 2.56 bits per heavy atom. The van der Waals surface area contributed by atoms with Crippen LogP contribution in [0.1, 0.15) is 5.56 Å². The summed E-state index contributed by atoms with van der Waals surface area (Å²) in [5, 5.41) is 0. The van der Waals surface area contributed by atoms with E-state index >= 15 is 0 Å². The summed E-state index contributed by atoms with van der Waals surface area (Å²) in [6.45, 7) is 2.04. The second kappa shape index (κ2) is 4.51. The summed E-state index contributed by atoms with van der Waals surface area (Å²) < 4.78 is 0. The highest BCUT2D eigenvalue weighted by Crippen LogP contribution is 2.22. The molecule has 2 rings (SSSR count). The van der Waals surface area contributed by atoms with Crippen molar-refractivity contribution in [3.63, 3.8) is 0 Å². The summed E-state index contributed by atoms with van der Waals surface area (Å²) in [6.07, 6.45) is 4.78. The number of isocyanates is 1. The van der Waals surface area contributed by atoms with Gasteiger partial charge in [-0.1, -0.05) is 29.8 Å². The molecular formula is C13H10N2O. The Bertz CT molecular complexity index is 540. The van der Waals surface area contributed by atoms with Crippen molar-refractivity contribution in [1.29, 1.82) is 0 Å². The Kier molecular flexibility index (Phi) is 2.90. The lowest BCUT2D eigenvalue weighted by atomic mass is 10.1. The Labute approximate surface area is 93.5 Å². The van der Waals surface area contributed by atoms with E-state index in [2.05, 4.69) is 9.98 Å². The van der Waals surface area contributed by atoms with Gasteiger partial charge in [-0.25, -0.2) is 4.79 Å². The van der Waals surface area contributed by atoms with Crippen molar-refractivity contribution in [1.82, 2.24) is 4.98 Å². The molecule has 1 aromatic heterocycles. The van der Waals surface area contributed by atoms with Gasteiger partial charge in [-0.05, 0) is 18.6 Å². The number of aryl methyl sites for hydroxylation is 1. The molecule has 0 aliphatic carbocycles. The molecule has 0 radical (unpaired) electrons. The summed E-state index contributed by atoms with van der Waals surface area (Å²) in [5.74, 6) is 0. The van der Waals surface area contributed by atoms with Crippen LogP contribution in [0.4, 0.5) is 5.69 Å². The van der Waals surface area contributed by atoms with Crippen molar-refractivity contribution in [3.8, 4) is 11.1 Å². The highest BCUT2D eigenvalue weighted by Gasteiger charge is 1.99. The molecule has 0 saturated carbocycles. The third-order valence-corrected chi connectivity index (χ3v) is 2.28. The van der Waals surface area contributed by atoms with Crippen LogP contribution in [0.3, 0.4) is 0 Å². The molecule has 0 N–H and O–H groups in total. The molecule has 0 fully saturated rings. The van der Waals surface area contributed by atoms with Crippen LogP contribution in [0.2, 0.25) is 0 Å². The molecule has 0 saturated heterocycles. The van der Waals surface area contributed by atoms with E-state index in [4.69, 9.17) is 0 Å². The second-order valence-electron chi connectivity index (χ2n) is 3.50. The number of carbonyl (C=O) groups excluding carboxylic acids is 1. The second-order valence-corrected chi connectivity index (χ2v) is 3.50. The molecule has 0 spiro atoms. The molecule has 1 aromatic carbocycles. The molecule has 0 bridgehead atoms. The first-order chi connectivity index (χ1) is 7.79. The van der Waals surface area contributed by atoms with Crippen molar-refractivity contribution >= 4 is 11.8 Å². The zero-order chi connectivity index (χ0) is 11.4. The topological polar surface area (TPSA) is 42.3 Å². The maximum Gasteiger partial charge on any atom is 0.240 e. The fraction of sp³-hybridized carbons (Fsp3) is 0.0769. The summed E-state index contributed by atoms with van der Waals surface area (Å²) in [7, 11) is 0. The van der Waals surface area contributed by atoms with Gasteiger partial charge in [-0.15, -0.1) is 0 Å². The monoisotopic (exact) mass is 210 g/mol. The lowest BCUT2D eigenvalue weighted by molar-refractivity contribution is 0.565. The van der Waals surface area contributed by atoms with Gasteiger partial charge in [0.1, 0.15) is 0 Å². The summed E-state index contributed by atoms with van der Waals surface area (Å²) in [4.78, 5) is 17.7. The van der Waals surface area contributed by atoms with Gasteiger partial charge in [0.05, 0.1) is 11.9 Å². The number of aromatic nitrogens is 1. The number of benzene rings is 1. The normalized spacial score (nSPS) is 9.56. The molecule has 3 nitrogen and oxygen atoms in total. The largest absolute Gasteiger partial charge is 0.262 e. The van der Waals surface area contributed by atoms with Crippen LogP contribution in [0, 0.1) is 6.92 Å². The van der Waals surface area contributed by atoms with Crippen LogP contribution in [0.5, 0.6) is 0 Å². The summed E-state index contributed by atoms with van der Waals surface area (Å²) in [6, 6.07) is 9.90. The van der Waals surface area contributed by atoms with Gasteiger partial charge < -0.3 is 0 Å². The van der Waals surface area contributed by atoms with Gasteiger partial charge in [0, 0.05) is 11.8 Å². The number of hydrogen-bond acceptors (Lipinski definition) is 3. The van der Waals surface area contributed by atoms with Crippen LogP contribution in [0.15, 0.2) is 47.7 Å². The lowest BCUT2D eigenvalue weighted by Gasteiger charge is -2.01. The quantitative estimate of drug-likeness (QED) is 0.564. The minimum atomic E-state index is 0.521. The van der Waals surface area contributed by atoms with Crippen molar-refractivity contribution in [2.75, 3.05) is 0 Å². The molecule has 3 heteroatoms. The molecular weight excluding hydrogens is 200 g/mol. The van der Waals surface area contributed by atoms with Crippen LogP contribution in [-0.4, -0.2) is 11.1 Å². The first kappa shape index (κ1) is 10.3. The van der Waals surface area contributed by atoms with Gasteiger partial charge in [-0.3, -0.25) is 4.98 Å². The van der Waals surface area contributed by atoms with Crippen molar-refractivity contribution in [3.05, 3.63) is 48.3 Å². The van der Waals surface area contributed by atoms with Crippen LogP contribution in [-0.2, 0) is 4.79 Å². The van der Waals surface area contributed by atoms with Gasteiger partial charge in [0.25, 0.3) is 0 Å². The van der Waals surface area contributed by atoms with Gasteiger partial charge in [0.2, 0.25) is 6.08 Å². The predicted octanol–water partition coefficient (Wildman–Crippen LogP) is 3.02. The van der Waals surface area contributed by atoms with Gasteiger partial charge in [0.15, 0.2) is 0 Å². The number of nitrogens with zero attached hydrogens (tertiary/aromatic N) is 2. The minimum Gasteiger partial charge on any atom is -0.262 e. The highest BCUT2D eigenvalue weighted by molar-refractivity contribution is 5.66. The van der Waals surface area contributed by atoms with E-state index in [0.717, 1.165) is 11.1 Å². The zero-order valence-corrected chi connectivity index (χ0v) is 8.84. The molecule has 78 valence electrons. The average molecular weight is 210 g/mol. The minimum absolute atomic E-state index is 0.521. The Balaban J connectivity index is 2.43. The molecule has 0 atom stereocenters. The molecule has 16 heavy (non-hydrogen) atoms. The van der Waals surface area contributed by atoms with Crippen LogP contribution in [0.25, 0.3) is 11.1 Å². The molecule has 0 aliphatic rings. The third-order valence-electron chi connectivity index (χ3n) is 2.28. The fourth-order valence-corrected chi connectivity index (χ4v) is 1.45. The van der Waals surface area contributed by atoms with Gasteiger partial charge >= 0.3 is 0 Å². The van der Waals surface area contributed by atoms with E-state index in [-0.39, 0.29) is 0 Å². The van der Waals surface area contributed by atoms with Crippen LogP contribution >= 0.6 is 0 Å². The lowest BCUT2D eigenvalue weighted by Crippen LogP contribution is -1.80. The van der Waals surface area contributed by atoms with Gasteiger partial charge in [-0.2, -0.15) is 4.99 Å². The van der Waals surface area contributed by atoms with E-state index in [1.165, 1.54) is 17.8 Å². The summed E-state index contributed by atoms with van der Waals surface area (Å²) in [5.41, 5.74) is 3.73. The third kappa shape index (κ3) is 2.22. The van der Waals surface area contributed by atoms with E-state index in [1.54, 1.807) is 6.20 Å².